The first-order chi connectivity index (χ1) is 15.1. The SMILES string of the molecule is Cn1ccnc1CN1CC(C(=O)N2CCOCC2)C2(CCOCC2)C1.O=C(O)C(F)(F)F. The predicted molar refractivity (Wildman–Crippen MR) is 106 cm³/mol. The summed E-state index contributed by atoms with van der Waals surface area (Å²) in [6.45, 7) is 6.89. The Morgan fingerprint density at radius 2 is 1.78 bits per heavy atom. The zero-order valence-electron chi connectivity index (χ0n) is 18.0. The third kappa shape index (κ3) is 5.78. The third-order valence-electron chi connectivity index (χ3n) is 6.36. The van der Waals surface area contributed by atoms with Gasteiger partial charge < -0.3 is 24.0 Å². The van der Waals surface area contributed by atoms with Crippen LogP contribution in [0.3, 0.4) is 0 Å². The number of aliphatic carboxylic acids is 1. The van der Waals surface area contributed by atoms with E-state index in [1.807, 2.05) is 24.3 Å². The summed E-state index contributed by atoms with van der Waals surface area (Å²) in [5.41, 5.74) is 0.0544. The summed E-state index contributed by atoms with van der Waals surface area (Å²) in [5.74, 6) is -1.32. The van der Waals surface area contributed by atoms with Crippen molar-refractivity contribution in [1.82, 2.24) is 19.4 Å². The molecule has 3 aliphatic heterocycles. The molecule has 0 aromatic carbocycles. The number of carbonyl (C=O) groups is 2. The fourth-order valence-electron chi connectivity index (χ4n) is 4.57. The molecule has 3 saturated heterocycles. The fraction of sp³-hybridized carbons (Fsp3) is 0.750. The Kier molecular flexibility index (Phi) is 7.78. The highest BCUT2D eigenvalue weighted by molar-refractivity contribution is 5.80. The Morgan fingerprint density at radius 3 is 2.31 bits per heavy atom. The first-order valence-corrected chi connectivity index (χ1v) is 10.6. The van der Waals surface area contributed by atoms with Crippen molar-refractivity contribution in [3.8, 4) is 0 Å². The van der Waals surface area contributed by atoms with E-state index in [9.17, 15) is 18.0 Å². The first kappa shape index (κ1) is 24.5. The molecule has 12 heteroatoms. The minimum atomic E-state index is -5.08. The zero-order chi connectivity index (χ0) is 23.4. The van der Waals surface area contributed by atoms with E-state index in [0.29, 0.717) is 19.1 Å². The molecule has 180 valence electrons. The molecule has 1 atom stereocenters. The predicted octanol–water partition coefficient (Wildman–Crippen LogP) is 1.14. The van der Waals surface area contributed by atoms with Crippen LogP contribution in [0, 0.1) is 11.3 Å². The van der Waals surface area contributed by atoms with Crippen molar-refractivity contribution in [2.75, 3.05) is 52.6 Å². The number of likely N-dealkylation sites (tertiary alicyclic amines) is 1. The highest BCUT2D eigenvalue weighted by Gasteiger charge is 2.51. The molecule has 1 aromatic rings. The minimum Gasteiger partial charge on any atom is -0.475 e. The number of halogens is 3. The van der Waals surface area contributed by atoms with Crippen molar-refractivity contribution in [1.29, 1.82) is 0 Å². The van der Waals surface area contributed by atoms with Gasteiger partial charge in [0.1, 0.15) is 5.82 Å². The lowest BCUT2D eigenvalue weighted by atomic mass is 9.71. The van der Waals surface area contributed by atoms with Crippen LogP contribution in [0.2, 0.25) is 0 Å². The van der Waals surface area contributed by atoms with E-state index in [0.717, 1.165) is 64.6 Å². The molecule has 32 heavy (non-hydrogen) atoms. The molecule has 4 rings (SSSR count). The maximum atomic E-state index is 13.3. The maximum absolute atomic E-state index is 13.3. The second kappa shape index (κ2) is 10.2. The summed E-state index contributed by atoms with van der Waals surface area (Å²) in [6, 6.07) is 0. The molecular formula is C20H29F3N4O5. The van der Waals surface area contributed by atoms with E-state index < -0.39 is 12.1 Å². The van der Waals surface area contributed by atoms with E-state index in [4.69, 9.17) is 19.4 Å². The van der Waals surface area contributed by atoms with Gasteiger partial charge in [0.05, 0.1) is 25.7 Å². The lowest BCUT2D eigenvalue weighted by molar-refractivity contribution is -0.192. The van der Waals surface area contributed by atoms with Gasteiger partial charge in [-0.25, -0.2) is 9.78 Å². The Balaban J connectivity index is 0.000000360. The number of nitrogens with zero attached hydrogens (tertiary/aromatic N) is 4. The molecule has 0 aliphatic carbocycles. The van der Waals surface area contributed by atoms with Crippen LogP contribution in [0.5, 0.6) is 0 Å². The average molecular weight is 462 g/mol. The Morgan fingerprint density at radius 1 is 1.19 bits per heavy atom. The molecule has 1 unspecified atom stereocenters. The van der Waals surface area contributed by atoms with Crippen LogP contribution in [-0.4, -0.2) is 95.1 Å². The Hall–Kier alpha value is -2.18. The molecule has 4 heterocycles. The van der Waals surface area contributed by atoms with Gasteiger partial charge in [-0.15, -0.1) is 0 Å². The van der Waals surface area contributed by atoms with Crippen molar-refractivity contribution in [3.05, 3.63) is 18.2 Å². The van der Waals surface area contributed by atoms with Crippen LogP contribution in [0.25, 0.3) is 0 Å². The number of ether oxygens (including phenoxy) is 2. The summed E-state index contributed by atoms with van der Waals surface area (Å²) in [4.78, 5) is 31.0. The number of carbonyl (C=O) groups excluding carboxylic acids is 1. The molecule has 0 bridgehead atoms. The van der Waals surface area contributed by atoms with E-state index in [-0.39, 0.29) is 11.3 Å². The maximum Gasteiger partial charge on any atom is 0.490 e. The number of hydrogen-bond acceptors (Lipinski definition) is 6. The molecule has 1 N–H and O–H groups in total. The number of alkyl halides is 3. The summed E-state index contributed by atoms with van der Waals surface area (Å²) in [5, 5.41) is 7.12. The summed E-state index contributed by atoms with van der Waals surface area (Å²) < 4.78 is 44.8. The lowest BCUT2D eigenvalue weighted by Gasteiger charge is -2.40. The highest BCUT2D eigenvalue weighted by atomic mass is 19.4. The number of morpholine rings is 1. The molecular weight excluding hydrogens is 433 g/mol. The van der Waals surface area contributed by atoms with E-state index in [2.05, 4.69) is 14.5 Å². The minimum absolute atomic E-state index is 0.0544. The van der Waals surface area contributed by atoms with Gasteiger partial charge in [-0.2, -0.15) is 13.2 Å². The van der Waals surface area contributed by atoms with Gasteiger partial charge in [-0.1, -0.05) is 0 Å². The zero-order valence-corrected chi connectivity index (χ0v) is 18.0. The van der Waals surface area contributed by atoms with Gasteiger partial charge in [0.2, 0.25) is 5.91 Å². The smallest absolute Gasteiger partial charge is 0.475 e. The van der Waals surface area contributed by atoms with Crippen molar-refractivity contribution in [3.63, 3.8) is 0 Å². The number of imidazole rings is 1. The first-order valence-electron chi connectivity index (χ1n) is 10.6. The molecule has 3 fully saturated rings. The van der Waals surface area contributed by atoms with E-state index in [1.165, 1.54) is 0 Å². The monoisotopic (exact) mass is 462 g/mol. The molecule has 1 spiro atoms. The van der Waals surface area contributed by atoms with Crippen molar-refractivity contribution in [2.45, 2.75) is 25.6 Å². The summed E-state index contributed by atoms with van der Waals surface area (Å²) in [6.07, 6.45) is 0.688. The van der Waals surface area contributed by atoms with Crippen molar-refractivity contribution < 1.29 is 37.3 Å². The largest absolute Gasteiger partial charge is 0.490 e. The molecule has 0 radical (unpaired) electrons. The van der Waals surface area contributed by atoms with E-state index in [1.54, 1.807) is 0 Å². The van der Waals surface area contributed by atoms with Crippen LogP contribution in [-0.2, 0) is 32.7 Å². The van der Waals surface area contributed by atoms with Gasteiger partial charge in [0.25, 0.3) is 0 Å². The average Bonchev–Trinajstić information content (AvgIpc) is 3.32. The van der Waals surface area contributed by atoms with Gasteiger partial charge >= 0.3 is 12.1 Å². The van der Waals surface area contributed by atoms with Crippen LogP contribution >= 0.6 is 0 Å². The number of carboxylic acids is 1. The number of hydrogen-bond donors (Lipinski definition) is 1. The molecule has 0 saturated carbocycles. The van der Waals surface area contributed by atoms with E-state index >= 15 is 0 Å². The number of aromatic nitrogens is 2. The standard InChI is InChI=1S/C18H28N4O3.C2HF3O2/c1-20-5-4-19-16(20)13-21-12-15(17(23)22-6-10-25-11-7-22)18(14-21)2-8-24-9-3-18;3-2(4,5)1(6)7/h4-5,15H,2-3,6-14H2,1H3;(H,6,7). The van der Waals surface area contributed by atoms with Gasteiger partial charge in [-0.3, -0.25) is 9.69 Å². The molecule has 3 aliphatic rings. The summed E-state index contributed by atoms with van der Waals surface area (Å²) in [7, 11) is 2.03. The highest BCUT2D eigenvalue weighted by Crippen LogP contribution is 2.45. The molecule has 9 nitrogen and oxygen atoms in total. The molecule has 1 aromatic heterocycles. The van der Waals surface area contributed by atoms with Crippen LogP contribution in [0.15, 0.2) is 12.4 Å². The quantitative estimate of drug-likeness (QED) is 0.720. The number of aryl methyl sites for hydroxylation is 1. The number of carboxylic acid groups (broad SMARTS) is 1. The van der Waals surface area contributed by atoms with Gasteiger partial charge in [-0.05, 0) is 12.8 Å². The molecule has 1 amide bonds. The third-order valence-corrected chi connectivity index (χ3v) is 6.36. The fourth-order valence-corrected chi connectivity index (χ4v) is 4.57. The van der Waals surface area contributed by atoms with Crippen molar-refractivity contribution in [2.24, 2.45) is 18.4 Å². The number of rotatable bonds is 3. The van der Waals surface area contributed by atoms with Gasteiger partial charge in [0.15, 0.2) is 0 Å². The topological polar surface area (TPSA) is 97.1 Å². The summed E-state index contributed by atoms with van der Waals surface area (Å²) >= 11 is 0. The number of amides is 1. The Bertz CT molecular complexity index is 788. The van der Waals surface area contributed by atoms with Crippen LogP contribution < -0.4 is 0 Å². The normalized spacial score (nSPS) is 23.6. The van der Waals surface area contributed by atoms with Crippen LogP contribution in [0.1, 0.15) is 18.7 Å². The second-order valence-corrected chi connectivity index (χ2v) is 8.39. The van der Waals surface area contributed by atoms with Crippen LogP contribution in [0.4, 0.5) is 13.2 Å². The lowest BCUT2D eigenvalue weighted by Crippen LogP contribution is -2.49. The second-order valence-electron chi connectivity index (χ2n) is 8.39. The Labute approximate surface area is 184 Å². The van der Waals surface area contributed by atoms with Gasteiger partial charge in [0, 0.05) is 64.2 Å². The van der Waals surface area contributed by atoms with Crippen molar-refractivity contribution >= 4 is 11.9 Å².